The van der Waals surface area contributed by atoms with Gasteiger partial charge in [0.25, 0.3) is 0 Å². The second-order valence-electron chi connectivity index (χ2n) is 2.67. The number of nitrogens with zero attached hydrogens (tertiary/aromatic N) is 1. The summed E-state index contributed by atoms with van der Waals surface area (Å²) in [6.45, 7) is 2.08. The van der Waals surface area contributed by atoms with Crippen LogP contribution < -0.4 is 5.73 Å². The highest BCUT2D eigenvalue weighted by atomic mass is 16.4. The van der Waals surface area contributed by atoms with Gasteiger partial charge in [0.05, 0.1) is 6.54 Å². The topological polar surface area (TPSA) is 104 Å². The Morgan fingerprint density at radius 1 is 1.46 bits per heavy atom. The molecule has 4 N–H and O–H groups in total. The van der Waals surface area contributed by atoms with Crippen LogP contribution in [-0.4, -0.2) is 52.7 Å². The SMILES string of the molecule is CCN(CC(=O)O)C[C@H](N)C(=O)O. The van der Waals surface area contributed by atoms with Crippen molar-refractivity contribution in [2.75, 3.05) is 19.6 Å². The second kappa shape index (κ2) is 5.50. The maximum atomic E-state index is 10.3. The number of hydrogen-bond acceptors (Lipinski definition) is 4. The molecule has 0 aliphatic carbocycles. The fourth-order valence-corrected chi connectivity index (χ4v) is 0.853. The van der Waals surface area contributed by atoms with Crippen molar-refractivity contribution in [1.29, 1.82) is 0 Å². The maximum Gasteiger partial charge on any atom is 0.321 e. The van der Waals surface area contributed by atoms with E-state index < -0.39 is 18.0 Å². The lowest BCUT2D eigenvalue weighted by Crippen LogP contribution is -2.44. The molecule has 13 heavy (non-hydrogen) atoms. The van der Waals surface area contributed by atoms with E-state index in [9.17, 15) is 9.59 Å². The molecule has 0 heterocycles. The zero-order valence-electron chi connectivity index (χ0n) is 7.43. The highest BCUT2D eigenvalue weighted by Crippen LogP contribution is 1.90. The quantitative estimate of drug-likeness (QED) is 0.486. The molecule has 76 valence electrons. The Morgan fingerprint density at radius 2 is 2.00 bits per heavy atom. The van der Waals surface area contributed by atoms with Crippen molar-refractivity contribution in [2.24, 2.45) is 5.73 Å². The number of nitrogens with two attached hydrogens (primary N) is 1. The number of hydrogen-bond donors (Lipinski definition) is 3. The molecule has 6 nitrogen and oxygen atoms in total. The van der Waals surface area contributed by atoms with Gasteiger partial charge in [-0.2, -0.15) is 0 Å². The summed E-state index contributed by atoms with van der Waals surface area (Å²) < 4.78 is 0. The van der Waals surface area contributed by atoms with E-state index in [0.717, 1.165) is 0 Å². The van der Waals surface area contributed by atoms with Crippen molar-refractivity contribution in [1.82, 2.24) is 4.90 Å². The van der Waals surface area contributed by atoms with Crippen LogP contribution in [0, 0.1) is 0 Å². The summed E-state index contributed by atoms with van der Waals surface area (Å²) in [7, 11) is 0. The molecule has 6 heteroatoms. The normalized spacial score (nSPS) is 12.8. The molecule has 0 rings (SSSR count). The summed E-state index contributed by atoms with van der Waals surface area (Å²) >= 11 is 0. The molecule has 0 saturated carbocycles. The maximum absolute atomic E-state index is 10.3. The molecule has 0 aromatic carbocycles. The number of carbonyl (C=O) groups is 2. The largest absolute Gasteiger partial charge is 0.480 e. The van der Waals surface area contributed by atoms with Crippen molar-refractivity contribution in [2.45, 2.75) is 13.0 Å². The predicted molar refractivity (Wildman–Crippen MR) is 45.4 cm³/mol. The van der Waals surface area contributed by atoms with E-state index >= 15 is 0 Å². The first-order valence-corrected chi connectivity index (χ1v) is 3.90. The Balaban J connectivity index is 3.97. The molecule has 0 saturated heterocycles. The van der Waals surface area contributed by atoms with Gasteiger partial charge in [0, 0.05) is 6.54 Å². The van der Waals surface area contributed by atoms with Crippen LogP contribution in [0.15, 0.2) is 0 Å². The Kier molecular flexibility index (Phi) is 5.01. The van der Waals surface area contributed by atoms with Gasteiger partial charge in [-0.25, -0.2) is 0 Å². The summed E-state index contributed by atoms with van der Waals surface area (Å²) in [5, 5.41) is 16.9. The fraction of sp³-hybridized carbons (Fsp3) is 0.714. The standard InChI is InChI=1S/C7H14N2O4/c1-2-9(4-6(10)11)3-5(8)7(12)13/h5H,2-4,8H2,1H3,(H,10,11)(H,12,13)/t5-/m0/s1. The minimum absolute atomic E-state index is 0.0537. The Labute approximate surface area is 75.9 Å². The molecular weight excluding hydrogens is 176 g/mol. The molecule has 0 unspecified atom stereocenters. The molecular formula is C7H14N2O4. The monoisotopic (exact) mass is 190 g/mol. The van der Waals surface area contributed by atoms with Gasteiger partial charge in [-0.05, 0) is 6.54 Å². The van der Waals surface area contributed by atoms with Gasteiger partial charge in [0.1, 0.15) is 6.04 Å². The molecule has 0 spiro atoms. The Bertz CT molecular complexity index is 195. The zero-order valence-corrected chi connectivity index (χ0v) is 7.43. The van der Waals surface area contributed by atoms with E-state index in [4.69, 9.17) is 15.9 Å². The van der Waals surface area contributed by atoms with Crippen LogP contribution in [0.25, 0.3) is 0 Å². The molecule has 0 bridgehead atoms. The van der Waals surface area contributed by atoms with Crippen LogP contribution in [0.5, 0.6) is 0 Å². The summed E-state index contributed by atoms with van der Waals surface area (Å²) in [6.07, 6.45) is 0. The Morgan fingerprint density at radius 3 is 2.31 bits per heavy atom. The number of aliphatic carboxylic acids is 2. The van der Waals surface area contributed by atoms with Gasteiger partial charge in [-0.15, -0.1) is 0 Å². The van der Waals surface area contributed by atoms with Crippen LogP contribution in [0.2, 0.25) is 0 Å². The first-order chi connectivity index (χ1) is 5.97. The van der Waals surface area contributed by atoms with Crippen LogP contribution in [0.4, 0.5) is 0 Å². The molecule has 0 amide bonds. The van der Waals surface area contributed by atoms with E-state index in [-0.39, 0.29) is 13.1 Å². The third-order valence-corrected chi connectivity index (χ3v) is 1.58. The van der Waals surface area contributed by atoms with Gasteiger partial charge in [0.15, 0.2) is 0 Å². The fourth-order valence-electron chi connectivity index (χ4n) is 0.853. The summed E-state index contributed by atoms with van der Waals surface area (Å²) in [6, 6.07) is -1.03. The average molecular weight is 190 g/mol. The molecule has 0 radical (unpaired) electrons. The molecule has 1 atom stereocenters. The van der Waals surface area contributed by atoms with E-state index in [1.807, 2.05) is 0 Å². The third kappa shape index (κ3) is 5.15. The molecule has 0 aliphatic heterocycles. The van der Waals surface area contributed by atoms with Gasteiger partial charge >= 0.3 is 11.9 Å². The van der Waals surface area contributed by atoms with E-state index in [2.05, 4.69) is 0 Å². The molecule has 0 aromatic heterocycles. The van der Waals surface area contributed by atoms with Gasteiger partial charge in [-0.3, -0.25) is 14.5 Å². The lowest BCUT2D eigenvalue weighted by Gasteiger charge is -2.19. The zero-order chi connectivity index (χ0) is 10.4. The average Bonchev–Trinajstić information content (AvgIpc) is 2.02. The summed E-state index contributed by atoms with van der Waals surface area (Å²) in [4.78, 5) is 22.1. The van der Waals surface area contributed by atoms with Crippen molar-refractivity contribution in [3.05, 3.63) is 0 Å². The predicted octanol–water partition coefficient (Wildman–Crippen LogP) is -1.20. The lowest BCUT2D eigenvalue weighted by atomic mass is 10.3. The van der Waals surface area contributed by atoms with Gasteiger partial charge < -0.3 is 15.9 Å². The van der Waals surface area contributed by atoms with Crippen molar-refractivity contribution in [3.8, 4) is 0 Å². The van der Waals surface area contributed by atoms with E-state index in [1.165, 1.54) is 4.90 Å². The van der Waals surface area contributed by atoms with Gasteiger partial charge in [-0.1, -0.05) is 6.92 Å². The van der Waals surface area contributed by atoms with E-state index in [0.29, 0.717) is 6.54 Å². The van der Waals surface area contributed by atoms with Crippen LogP contribution in [-0.2, 0) is 9.59 Å². The highest BCUT2D eigenvalue weighted by molar-refractivity contribution is 5.73. The number of likely N-dealkylation sites (N-methyl/N-ethyl adjacent to an activating group) is 1. The third-order valence-electron chi connectivity index (χ3n) is 1.58. The molecule has 0 aliphatic rings. The second-order valence-corrected chi connectivity index (χ2v) is 2.67. The van der Waals surface area contributed by atoms with Crippen LogP contribution >= 0.6 is 0 Å². The van der Waals surface area contributed by atoms with Crippen LogP contribution in [0.3, 0.4) is 0 Å². The number of rotatable bonds is 6. The molecule has 0 aromatic rings. The Hall–Kier alpha value is -1.14. The minimum atomic E-state index is -1.12. The minimum Gasteiger partial charge on any atom is -0.480 e. The lowest BCUT2D eigenvalue weighted by molar-refractivity contribution is -0.141. The highest BCUT2D eigenvalue weighted by Gasteiger charge is 2.16. The smallest absolute Gasteiger partial charge is 0.321 e. The van der Waals surface area contributed by atoms with E-state index in [1.54, 1.807) is 6.92 Å². The van der Waals surface area contributed by atoms with Crippen molar-refractivity contribution < 1.29 is 19.8 Å². The first kappa shape index (κ1) is 11.9. The van der Waals surface area contributed by atoms with Crippen LogP contribution in [0.1, 0.15) is 6.92 Å². The van der Waals surface area contributed by atoms with Crippen molar-refractivity contribution in [3.63, 3.8) is 0 Å². The summed E-state index contributed by atoms with van der Waals surface area (Å²) in [5.41, 5.74) is 5.23. The van der Waals surface area contributed by atoms with Crippen molar-refractivity contribution >= 4 is 11.9 Å². The summed E-state index contributed by atoms with van der Waals surface area (Å²) in [5.74, 6) is -2.11. The van der Waals surface area contributed by atoms with Gasteiger partial charge in [0.2, 0.25) is 0 Å². The number of carboxylic acids is 2. The molecule has 0 fully saturated rings. The number of carboxylic acid groups (broad SMARTS) is 2. The first-order valence-electron chi connectivity index (χ1n) is 3.90.